The van der Waals surface area contributed by atoms with E-state index in [1.54, 1.807) is 6.26 Å². The van der Waals surface area contributed by atoms with E-state index in [0.717, 1.165) is 12.1 Å². The number of urea groups is 1. The van der Waals surface area contributed by atoms with Crippen LogP contribution in [0, 0.1) is 11.6 Å². The Hall–Kier alpha value is -2.89. The fourth-order valence-corrected chi connectivity index (χ4v) is 3.74. The molecule has 12 heteroatoms. The molecule has 176 valence electrons. The molecule has 1 saturated heterocycles. The number of likely N-dealkylation sites (tertiary alicyclic amines) is 1. The number of halogens is 2. The summed E-state index contributed by atoms with van der Waals surface area (Å²) in [4.78, 5) is 50.3. The normalized spacial score (nSPS) is 17.6. The van der Waals surface area contributed by atoms with Crippen LogP contribution in [0.3, 0.4) is 0 Å². The molecule has 0 unspecified atom stereocenters. The smallest absolute Gasteiger partial charge is 0.319 e. The number of hydrogen-bond donors (Lipinski definition) is 3. The summed E-state index contributed by atoms with van der Waals surface area (Å²) in [5.41, 5.74) is -0.221. The Morgan fingerprint density at radius 3 is 2.66 bits per heavy atom. The van der Waals surface area contributed by atoms with Gasteiger partial charge < -0.3 is 25.6 Å². The monoisotopic (exact) mass is 472 g/mol. The third-order valence-electron chi connectivity index (χ3n) is 4.84. The lowest BCUT2D eigenvalue weighted by Gasteiger charge is -2.27. The number of amides is 4. The molecule has 0 radical (unpaired) electrons. The molecule has 32 heavy (non-hydrogen) atoms. The molecule has 9 nitrogen and oxygen atoms in total. The van der Waals surface area contributed by atoms with Crippen molar-refractivity contribution in [1.82, 2.24) is 15.5 Å². The topological polar surface area (TPSA) is 117 Å². The van der Waals surface area contributed by atoms with Crippen LogP contribution in [-0.2, 0) is 19.1 Å². The lowest BCUT2D eigenvalue weighted by Crippen LogP contribution is -2.55. The summed E-state index contributed by atoms with van der Waals surface area (Å²) in [7, 11) is 1.27. The highest BCUT2D eigenvalue weighted by atomic mass is 32.2. The number of rotatable bonds is 9. The molecule has 1 aliphatic rings. The molecular weight excluding hydrogens is 446 g/mol. The molecule has 4 amide bonds. The quantitative estimate of drug-likeness (QED) is 0.370. The lowest BCUT2D eigenvalue weighted by atomic mass is 10.1. The first-order valence-electron chi connectivity index (χ1n) is 9.92. The predicted octanol–water partition coefficient (Wildman–Crippen LogP) is 1.49. The van der Waals surface area contributed by atoms with Crippen molar-refractivity contribution in [2.45, 2.75) is 31.3 Å². The second-order valence-electron chi connectivity index (χ2n) is 7.05. The van der Waals surface area contributed by atoms with E-state index >= 15 is 0 Å². The van der Waals surface area contributed by atoms with Crippen LogP contribution in [0.2, 0.25) is 0 Å². The van der Waals surface area contributed by atoms with Crippen LogP contribution in [0.25, 0.3) is 0 Å². The van der Waals surface area contributed by atoms with Crippen LogP contribution >= 0.6 is 11.8 Å². The molecule has 1 fully saturated rings. The van der Waals surface area contributed by atoms with Gasteiger partial charge in [0.2, 0.25) is 11.8 Å². The zero-order chi connectivity index (χ0) is 23.7. The molecule has 0 spiro atoms. The fourth-order valence-electron chi connectivity index (χ4n) is 3.32. The zero-order valence-corrected chi connectivity index (χ0v) is 18.6. The average molecular weight is 473 g/mol. The van der Waals surface area contributed by atoms with Crippen LogP contribution in [0.5, 0.6) is 0 Å². The summed E-state index contributed by atoms with van der Waals surface area (Å²) < 4.78 is 31.4. The van der Waals surface area contributed by atoms with E-state index in [9.17, 15) is 28.0 Å². The number of anilines is 1. The number of nitrogens with one attached hydrogen (secondary N) is 3. The van der Waals surface area contributed by atoms with Crippen molar-refractivity contribution >= 4 is 41.3 Å². The first-order chi connectivity index (χ1) is 15.3. The standard InChI is InChI=1S/C20H26F2N4O5S/c1-31-17(28)4-3-8-23-19(29)18-15(7-9-26(18)16(27)11-32-2)25-20(30)24-14-6-5-12(21)10-13(14)22/h5-6,10,15,18H,3-4,7-9,11H2,1-2H3,(H,23,29)(H2,24,25,30)/t15-,18-/m0/s1. The summed E-state index contributed by atoms with van der Waals surface area (Å²) in [6, 6.07) is 0.253. The predicted molar refractivity (Wildman–Crippen MR) is 115 cm³/mol. The number of nitrogens with zero attached hydrogens (tertiary/aromatic N) is 1. The molecule has 3 N–H and O–H groups in total. The summed E-state index contributed by atoms with van der Waals surface area (Å²) in [6.07, 6.45) is 2.56. The first kappa shape index (κ1) is 25.4. The van der Waals surface area contributed by atoms with Gasteiger partial charge in [-0.2, -0.15) is 11.8 Å². The van der Waals surface area contributed by atoms with E-state index in [2.05, 4.69) is 20.7 Å². The molecule has 2 rings (SSSR count). The van der Waals surface area contributed by atoms with Crippen LogP contribution in [-0.4, -0.2) is 73.0 Å². The maximum Gasteiger partial charge on any atom is 0.319 e. The molecule has 1 aromatic carbocycles. The molecule has 2 atom stereocenters. The summed E-state index contributed by atoms with van der Waals surface area (Å²) in [6.45, 7) is 0.449. The van der Waals surface area contributed by atoms with Gasteiger partial charge >= 0.3 is 12.0 Å². The number of thioether (sulfide) groups is 1. The minimum Gasteiger partial charge on any atom is -0.469 e. The Balaban J connectivity index is 2.04. The summed E-state index contributed by atoms with van der Waals surface area (Å²) in [5, 5.41) is 7.56. The van der Waals surface area contributed by atoms with Gasteiger partial charge in [-0.25, -0.2) is 13.6 Å². The van der Waals surface area contributed by atoms with Crippen molar-refractivity contribution in [2.75, 3.05) is 37.5 Å². The van der Waals surface area contributed by atoms with Crippen molar-refractivity contribution in [1.29, 1.82) is 0 Å². The maximum atomic E-state index is 13.8. The SMILES string of the molecule is COC(=O)CCCNC(=O)[C@@H]1[C@@H](NC(=O)Nc2ccc(F)cc2F)CCN1C(=O)CSC. The highest BCUT2D eigenvalue weighted by Gasteiger charge is 2.42. The zero-order valence-electron chi connectivity index (χ0n) is 17.8. The first-order valence-corrected chi connectivity index (χ1v) is 11.3. The summed E-state index contributed by atoms with van der Waals surface area (Å²) >= 11 is 1.31. The van der Waals surface area contributed by atoms with Gasteiger partial charge in [-0.1, -0.05) is 0 Å². The van der Waals surface area contributed by atoms with Crippen LogP contribution < -0.4 is 16.0 Å². The number of esters is 1. The Kier molecular flexibility index (Phi) is 9.69. The van der Waals surface area contributed by atoms with E-state index in [4.69, 9.17) is 0 Å². The minimum absolute atomic E-state index is 0.129. The Bertz CT molecular complexity index is 857. The number of methoxy groups -OCH3 is 1. The Morgan fingerprint density at radius 1 is 1.25 bits per heavy atom. The van der Waals surface area contributed by atoms with Gasteiger partial charge in [-0.15, -0.1) is 0 Å². The largest absolute Gasteiger partial charge is 0.469 e. The molecule has 1 aromatic rings. The molecule has 0 aliphatic carbocycles. The van der Waals surface area contributed by atoms with Crippen molar-refractivity contribution in [2.24, 2.45) is 0 Å². The average Bonchev–Trinajstić information content (AvgIpc) is 3.16. The van der Waals surface area contributed by atoms with E-state index in [0.29, 0.717) is 18.9 Å². The van der Waals surface area contributed by atoms with Gasteiger partial charge in [-0.05, 0) is 31.2 Å². The van der Waals surface area contributed by atoms with E-state index in [-0.39, 0.29) is 36.9 Å². The number of carbonyl (C=O) groups is 4. The van der Waals surface area contributed by atoms with Crippen molar-refractivity contribution < 1.29 is 32.7 Å². The third-order valence-corrected chi connectivity index (χ3v) is 5.37. The van der Waals surface area contributed by atoms with Gasteiger partial charge in [0.15, 0.2) is 0 Å². The molecule has 0 bridgehead atoms. The molecule has 0 aromatic heterocycles. The maximum absolute atomic E-state index is 13.8. The molecule has 1 aliphatic heterocycles. The van der Waals surface area contributed by atoms with Crippen molar-refractivity contribution in [3.63, 3.8) is 0 Å². The van der Waals surface area contributed by atoms with Gasteiger partial charge in [-0.3, -0.25) is 14.4 Å². The second-order valence-corrected chi connectivity index (χ2v) is 7.92. The highest BCUT2D eigenvalue weighted by Crippen LogP contribution is 2.21. The molecular formula is C20H26F2N4O5S. The lowest BCUT2D eigenvalue weighted by molar-refractivity contribution is -0.140. The van der Waals surface area contributed by atoms with Crippen LogP contribution in [0.1, 0.15) is 19.3 Å². The van der Waals surface area contributed by atoms with Gasteiger partial charge in [0, 0.05) is 25.6 Å². The van der Waals surface area contributed by atoms with Crippen LogP contribution in [0.4, 0.5) is 19.3 Å². The van der Waals surface area contributed by atoms with Gasteiger partial charge in [0.1, 0.15) is 17.7 Å². The second kappa shape index (κ2) is 12.2. The van der Waals surface area contributed by atoms with Gasteiger partial charge in [0.05, 0.1) is 24.6 Å². The van der Waals surface area contributed by atoms with E-state index in [1.807, 2.05) is 0 Å². The summed E-state index contributed by atoms with van der Waals surface area (Å²) in [5.74, 6) is -2.67. The Labute approximate surface area is 188 Å². The van der Waals surface area contributed by atoms with Crippen molar-refractivity contribution in [3.05, 3.63) is 29.8 Å². The molecule has 0 saturated carbocycles. The highest BCUT2D eigenvalue weighted by molar-refractivity contribution is 7.99. The number of benzene rings is 1. The van der Waals surface area contributed by atoms with E-state index in [1.165, 1.54) is 23.8 Å². The minimum atomic E-state index is -0.961. The van der Waals surface area contributed by atoms with E-state index < -0.39 is 41.6 Å². The Morgan fingerprint density at radius 2 is 2.00 bits per heavy atom. The van der Waals surface area contributed by atoms with Crippen molar-refractivity contribution in [3.8, 4) is 0 Å². The molecule has 1 heterocycles. The van der Waals surface area contributed by atoms with Gasteiger partial charge in [0.25, 0.3) is 0 Å². The third kappa shape index (κ3) is 7.08. The number of carbonyl (C=O) groups excluding carboxylic acids is 4. The number of ether oxygens (including phenoxy) is 1. The fraction of sp³-hybridized carbons (Fsp3) is 0.500. The van der Waals surface area contributed by atoms with Crippen LogP contribution in [0.15, 0.2) is 18.2 Å². The number of hydrogen-bond acceptors (Lipinski definition) is 6.